The molecule has 12 heavy (non-hydrogen) atoms. The van der Waals surface area contributed by atoms with E-state index in [1.807, 2.05) is 0 Å². The van der Waals surface area contributed by atoms with Crippen molar-refractivity contribution in [1.29, 1.82) is 0 Å². The standard InChI is InChI=1S/C7H17BO3.FH/c1-2-3-4-5-6-7-11-8(9)10;/h9-10H,2-7H2,1H3;1H. The molecule has 0 saturated carbocycles. The fourth-order valence-electron chi connectivity index (χ4n) is 0.894. The zero-order valence-electron chi connectivity index (χ0n) is 7.53. The summed E-state index contributed by atoms with van der Waals surface area (Å²) < 4.78 is 4.53. The van der Waals surface area contributed by atoms with E-state index in [1.165, 1.54) is 19.3 Å². The zero-order chi connectivity index (χ0) is 8.53. The van der Waals surface area contributed by atoms with Crippen LogP contribution in [-0.4, -0.2) is 24.0 Å². The molecule has 0 aromatic rings. The van der Waals surface area contributed by atoms with Crippen LogP contribution in [0.4, 0.5) is 4.70 Å². The Morgan fingerprint density at radius 3 is 2.17 bits per heavy atom. The summed E-state index contributed by atoms with van der Waals surface area (Å²) in [4.78, 5) is 0. The monoisotopic (exact) mass is 180 g/mol. The molecule has 3 nitrogen and oxygen atoms in total. The Balaban J connectivity index is 0. The van der Waals surface area contributed by atoms with E-state index in [-0.39, 0.29) is 4.70 Å². The lowest BCUT2D eigenvalue weighted by molar-refractivity contribution is 0.182. The smallest absolute Gasteiger partial charge is 0.402 e. The van der Waals surface area contributed by atoms with Crippen molar-refractivity contribution in [3.05, 3.63) is 0 Å². The summed E-state index contributed by atoms with van der Waals surface area (Å²) in [6.45, 7) is 2.61. The average Bonchev–Trinajstić information content (AvgIpc) is 1.96. The first-order chi connectivity index (χ1) is 5.27. The molecule has 0 radical (unpaired) electrons. The van der Waals surface area contributed by atoms with Gasteiger partial charge in [0, 0.05) is 6.61 Å². The molecule has 0 unspecified atom stereocenters. The van der Waals surface area contributed by atoms with E-state index in [9.17, 15) is 0 Å². The third-order valence-corrected chi connectivity index (χ3v) is 1.51. The van der Waals surface area contributed by atoms with Gasteiger partial charge in [-0.05, 0) is 6.42 Å². The first-order valence-electron chi connectivity index (χ1n) is 4.25. The number of hydrogen-bond donors (Lipinski definition) is 2. The minimum Gasteiger partial charge on any atom is -0.402 e. The lowest BCUT2D eigenvalue weighted by Crippen LogP contribution is -2.17. The molecule has 0 aliphatic rings. The van der Waals surface area contributed by atoms with Gasteiger partial charge < -0.3 is 14.7 Å². The minimum absolute atomic E-state index is 0. The Labute approximate surface area is 73.3 Å². The van der Waals surface area contributed by atoms with Gasteiger partial charge in [-0.25, -0.2) is 0 Å². The van der Waals surface area contributed by atoms with Gasteiger partial charge in [-0.15, -0.1) is 0 Å². The first-order valence-corrected chi connectivity index (χ1v) is 4.25. The largest absolute Gasteiger partial charge is 0.633 e. The van der Waals surface area contributed by atoms with Crippen molar-refractivity contribution in [2.75, 3.05) is 6.61 Å². The van der Waals surface area contributed by atoms with Gasteiger partial charge in [0.05, 0.1) is 0 Å². The molecule has 0 aromatic carbocycles. The highest BCUT2D eigenvalue weighted by molar-refractivity contribution is 6.32. The van der Waals surface area contributed by atoms with Gasteiger partial charge in [-0.2, -0.15) is 0 Å². The maximum atomic E-state index is 8.29. The molecule has 0 spiro atoms. The predicted octanol–water partition coefficient (Wildman–Crippen LogP) is 1.10. The fourth-order valence-corrected chi connectivity index (χ4v) is 0.894. The number of rotatable bonds is 7. The van der Waals surface area contributed by atoms with Crippen LogP contribution in [0.25, 0.3) is 0 Å². The highest BCUT2D eigenvalue weighted by atomic mass is 19.0. The molecule has 0 saturated heterocycles. The van der Waals surface area contributed by atoms with Crippen LogP contribution in [0.5, 0.6) is 0 Å². The average molecular weight is 180 g/mol. The van der Waals surface area contributed by atoms with Crippen LogP contribution in [-0.2, 0) is 4.65 Å². The maximum absolute atomic E-state index is 8.29. The topological polar surface area (TPSA) is 49.7 Å². The van der Waals surface area contributed by atoms with E-state index in [4.69, 9.17) is 10.0 Å². The van der Waals surface area contributed by atoms with E-state index in [0.717, 1.165) is 12.8 Å². The highest BCUT2D eigenvalue weighted by Crippen LogP contribution is 2.01. The van der Waals surface area contributed by atoms with Crippen LogP contribution in [0, 0.1) is 0 Å². The van der Waals surface area contributed by atoms with E-state index in [0.29, 0.717) is 6.61 Å². The maximum Gasteiger partial charge on any atom is 0.633 e. The number of halogens is 1. The zero-order valence-corrected chi connectivity index (χ0v) is 7.53. The van der Waals surface area contributed by atoms with Crippen LogP contribution in [0.1, 0.15) is 39.0 Å². The SMILES string of the molecule is CCCCCCCOB(O)O.F. The second-order valence-corrected chi connectivity index (χ2v) is 2.61. The van der Waals surface area contributed by atoms with Crippen LogP contribution in [0.15, 0.2) is 0 Å². The van der Waals surface area contributed by atoms with E-state index < -0.39 is 7.32 Å². The molecular formula is C7H18BFO3. The predicted molar refractivity (Wildman–Crippen MR) is 47.4 cm³/mol. The Morgan fingerprint density at radius 2 is 1.67 bits per heavy atom. The second-order valence-electron chi connectivity index (χ2n) is 2.61. The normalized spacial score (nSPS) is 9.25. The molecule has 74 valence electrons. The van der Waals surface area contributed by atoms with Gasteiger partial charge in [-0.1, -0.05) is 32.6 Å². The summed E-state index contributed by atoms with van der Waals surface area (Å²) >= 11 is 0. The van der Waals surface area contributed by atoms with E-state index >= 15 is 0 Å². The summed E-state index contributed by atoms with van der Waals surface area (Å²) in [7, 11) is -1.60. The van der Waals surface area contributed by atoms with Gasteiger partial charge in [-0.3, -0.25) is 4.70 Å². The summed E-state index contributed by atoms with van der Waals surface area (Å²) in [5.41, 5.74) is 0. The Morgan fingerprint density at radius 1 is 1.08 bits per heavy atom. The van der Waals surface area contributed by atoms with Crippen molar-refractivity contribution in [3.8, 4) is 0 Å². The highest BCUT2D eigenvalue weighted by Gasteiger charge is 2.06. The Kier molecular flexibility index (Phi) is 13.1. The van der Waals surface area contributed by atoms with Crippen LogP contribution < -0.4 is 0 Å². The molecule has 0 fully saturated rings. The number of unbranched alkanes of at least 4 members (excludes halogenated alkanes) is 4. The van der Waals surface area contributed by atoms with Crippen molar-refractivity contribution in [2.24, 2.45) is 0 Å². The summed E-state index contributed by atoms with van der Waals surface area (Å²) in [6, 6.07) is 0. The van der Waals surface area contributed by atoms with Gasteiger partial charge in [0.2, 0.25) is 0 Å². The molecule has 0 aromatic heterocycles. The van der Waals surface area contributed by atoms with Gasteiger partial charge in [0.1, 0.15) is 0 Å². The van der Waals surface area contributed by atoms with Crippen molar-refractivity contribution < 1.29 is 19.4 Å². The van der Waals surface area contributed by atoms with Gasteiger partial charge in [0.15, 0.2) is 0 Å². The van der Waals surface area contributed by atoms with Crippen LogP contribution in [0.3, 0.4) is 0 Å². The quantitative estimate of drug-likeness (QED) is 0.455. The summed E-state index contributed by atoms with van der Waals surface area (Å²) in [5.74, 6) is 0. The molecule has 2 N–H and O–H groups in total. The molecule has 0 heterocycles. The van der Waals surface area contributed by atoms with Gasteiger partial charge >= 0.3 is 7.32 Å². The molecule has 0 aliphatic heterocycles. The first kappa shape index (κ1) is 14.4. The molecule has 0 aliphatic carbocycles. The lowest BCUT2D eigenvalue weighted by atomic mass is 10.1. The van der Waals surface area contributed by atoms with Crippen LogP contribution >= 0.6 is 0 Å². The second kappa shape index (κ2) is 10.9. The van der Waals surface area contributed by atoms with E-state index in [1.54, 1.807) is 0 Å². The summed E-state index contributed by atoms with van der Waals surface area (Å²) in [5, 5.41) is 16.6. The lowest BCUT2D eigenvalue weighted by Gasteiger charge is -2.01. The molecular weight excluding hydrogens is 162 g/mol. The molecule has 0 amide bonds. The third-order valence-electron chi connectivity index (χ3n) is 1.51. The third kappa shape index (κ3) is 12.5. The summed E-state index contributed by atoms with van der Waals surface area (Å²) in [6.07, 6.45) is 5.71. The van der Waals surface area contributed by atoms with Gasteiger partial charge in [0.25, 0.3) is 0 Å². The minimum atomic E-state index is -1.60. The van der Waals surface area contributed by atoms with Crippen molar-refractivity contribution in [1.82, 2.24) is 0 Å². The molecule has 0 bridgehead atoms. The Bertz CT molecular complexity index is 83.1. The Hall–Kier alpha value is -0.125. The molecule has 0 atom stereocenters. The van der Waals surface area contributed by atoms with Crippen molar-refractivity contribution >= 4 is 7.32 Å². The fraction of sp³-hybridized carbons (Fsp3) is 1.00. The van der Waals surface area contributed by atoms with E-state index in [2.05, 4.69) is 11.6 Å². The molecule has 5 heteroatoms. The van der Waals surface area contributed by atoms with Crippen molar-refractivity contribution in [3.63, 3.8) is 0 Å². The van der Waals surface area contributed by atoms with Crippen molar-refractivity contribution in [2.45, 2.75) is 39.0 Å². The number of hydrogen-bond acceptors (Lipinski definition) is 3. The van der Waals surface area contributed by atoms with Crippen LogP contribution in [0.2, 0.25) is 0 Å². The molecule has 0 rings (SSSR count).